The first-order valence-corrected chi connectivity index (χ1v) is 22.3. The average Bonchev–Trinajstić information content (AvgIpc) is 3.11. The number of phenolic OH excluding ortho intramolecular Hbond substituents is 1. The van der Waals surface area contributed by atoms with E-state index in [0.717, 1.165) is 28.5 Å². The molecule has 0 spiro atoms. The van der Waals surface area contributed by atoms with Crippen LogP contribution in [0.5, 0.6) is 5.75 Å². The predicted molar refractivity (Wildman–Crippen MR) is 216 cm³/mol. The zero-order chi connectivity index (χ0) is 45.9. The Morgan fingerprint density at radius 3 is 1.30 bits per heavy atom. The summed E-state index contributed by atoms with van der Waals surface area (Å²) in [5.41, 5.74) is 1.44. The van der Waals surface area contributed by atoms with Gasteiger partial charge in [0.1, 0.15) is 23.1 Å². The van der Waals surface area contributed by atoms with E-state index in [1.807, 2.05) is 102 Å². The van der Waals surface area contributed by atoms with E-state index in [-0.39, 0.29) is 33.0 Å². The molecule has 0 aliphatic carbocycles. The van der Waals surface area contributed by atoms with Gasteiger partial charge in [0.2, 0.25) is 5.82 Å². The summed E-state index contributed by atoms with van der Waals surface area (Å²) in [6, 6.07) is 7.36. The van der Waals surface area contributed by atoms with Crippen LogP contribution >= 0.6 is 18.6 Å². The molecule has 0 unspecified atom stereocenters. The Kier molecular flexibility index (Phi) is 18.9. The Morgan fingerprint density at radius 2 is 0.917 bits per heavy atom. The first-order valence-electron chi connectivity index (χ1n) is 18.0. The Balaban J connectivity index is 0.000000554. The van der Waals surface area contributed by atoms with Crippen molar-refractivity contribution >= 4 is 36.2 Å². The van der Waals surface area contributed by atoms with Gasteiger partial charge in [-0.3, -0.25) is 0 Å². The van der Waals surface area contributed by atoms with Crippen LogP contribution in [0.15, 0.2) is 29.3 Å². The van der Waals surface area contributed by atoms with Gasteiger partial charge in [-0.2, -0.15) is 0 Å². The van der Waals surface area contributed by atoms with Crippen molar-refractivity contribution in [2.24, 2.45) is 4.99 Å². The van der Waals surface area contributed by atoms with Gasteiger partial charge in [0, 0.05) is 6.21 Å². The van der Waals surface area contributed by atoms with Crippen molar-refractivity contribution in [1.82, 2.24) is 0 Å². The van der Waals surface area contributed by atoms with E-state index in [1.165, 1.54) is 0 Å². The van der Waals surface area contributed by atoms with E-state index < -0.39 is 98.5 Å². The third-order valence-electron chi connectivity index (χ3n) is 9.10. The molecule has 3 N–H and O–H groups in total. The Bertz CT molecular complexity index is 2150. The first-order chi connectivity index (χ1) is 26.7. The molecule has 0 heterocycles. The van der Waals surface area contributed by atoms with Crippen molar-refractivity contribution in [2.75, 3.05) is 0 Å². The summed E-state index contributed by atoms with van der Waals surface area (Å²) < 4.78 is 136. The monoisotopic (exact) mass is 933 g/mol. The van der Waals surface area contributed by atoms with Gasteiger partial charge in [0.15, 0.2) is 40.7 Å². The molecule has 60 heavy (non-hydrogen) atoms. The number of halogens is 12. The summed E-state index contributed by atoms with van der Waals surface area (Å²) in [4.78, 5) is 3.62. The normalized spacial score (nSPS) is 12.0. The molecule has 332 valence electrons. The van der Waals surface area contributed by atoms with Gasteiger partial charge in [-0.15, -0.1) is 6.54 Å². The van der Waals surface area contributed by atoms with E-state index in [4.69, 9.17) is 18.6 Å². The number of phenols is 1. The molecule has 0 amide bonds. The predicted octanol–water partition coefficient (Wildman–Crippen LogP) is 14.5. The second-order valence-corrected chi connectivity index (χ2v) is 20.3. The molecule has 0 aliphatic rings. The minimum absolute atomic E-state index is 0. The van der Waals surface area contributed by atoms with E-state index in [9.17, 15) is 49.0 Å². The zero-order valence-corrected chi connectivity index (χ0v) is 38.5. The van der Waals surface area contributed by atoms with Crippen molar-refractivity contribution in [3.63, 3.8) is 0 Å². The number of benzene rings is 4. The van der Waals surface area contributed by atoms with Crippen LogP contribution in [0.2, 0.25) is 0 Å². The van der Waals surface area contributed by atoms with Crippen LogP contribution in [0, 0.1) is 65.1 Å². The van der Waals surface area contributed by atoms with E-state index >= 15 is 0 Å². The maximum absolute atomic E-state index is 13.9. The molecule has 4 aromatic rings. The number of nitrogens with zero attached hydrogens (tertiary/aromatic N) is 2. The topological polar surface area (TPSA) is 78.2 Å². The average molecular weight is 935 g/mol. The number of hydrogen-bond donors (Lipinski definition) is 1. The standard InChI is InChI=1S/C22H24F5N.C21H23F5NO.2ClH.H2O.Ti/c1-11-12(8-13(21(2,3)4)9-14(11)22(5,6)7)10-28-20-18(26)16(24)15(23)17(25)19(20)27;1-20(2,3)11-7-10(19(28)12(8-11)21(4,5)6)9-27-18-16(25)14(23)13(22)15(24)17(18)26;;;;/h8-10H,1-7H3;7-8,28H,9H2,1-6H3;2*1H;1H2;/q;-1;;;;+2/p-2. The zero-order valence-electron chi connectivity index (χ0n) is 35.5. The number of rotatable bonds is 5. The summed E-state index contributed by atoms with van der Waals surface area (Å²) >= 11 is -0.556. The van der Waals surface area contributed by atoms with Crippen LogP contribution in [0.1, 0.15) is 122 Å². The maximum atomic E-state index is 13.9. The molecule has 0 bridgehead atoms. The van der Waals surface area contributed by atoms with Gasteiger partial charge < -0.3 is 15.9 Å². The molecule has 4 aromatic carbocycles. The second-order valence-electron chi connectivity index (χ2n) is 17.8. The fourth-order valence-electron chi connectivity index (χ4n) is 5.64. The molecule has 0 radical (unpaired) electrons. The molecule has 0 aliphatic heterocycles. The van der Waals surface area contributed by atoms with E-state index in [1.54, 1.807) is 6.07 Å². The van der Waals surface area contributed by atoms with Crippen molar-refractivity contribution in [3.8, 4) is 5.75 Å². The van der Waals surface area contributed by atoms with Gasteiger partial charge in [-0.25, -0.2) is 48.9 Å². The molecule has 0 saturated carbocycles. The third kappa shape index (κ3) is 12.9. The third-order valence-corrected chi connectivity index (χ3v) is 9.10. The van der Waals surface area contributed by atoms with Crippen LogP contribution < -0.4 is 0 Å². The van der Waals surface area contributed by atoms with E-state index in [2.05, 4.69) is 16.4 Å². The Labute approximate surface area is 361 Å². The molecule has 0 aromatic heterocycles. The van der Waals surface area contributed by atoms with Crippen molar-refractivity contribution in [1.29, 1.82) is 0 Å². The number of hydrogen-bond acceptors (Lipinski definition) is 2. The van der Waals surface area contributed by atoms with Gasteiger partial charge in [-0.05, 0) is 73.6 Å². The van der Waals surface area contributed by atoms with Crippen molar-refractivity contribution < 1.29 is 71.5 Å². The van der Waals surface area contributed by atoms with E-state index in [0.29, 0.717) is 11.1 Å². The van der Waals surface area contributed by atoms with Gasteiger partial charge in [-0.1, -0.05) is 107 Å². The Morgan fingerprint density at radius 1 is 0.567 bits per heavy atom. The molecule has 0 fully saturated rings. The van der Waals surface area contributed by atoms with Crippen LogP contribution in [-0.2, 0) is 45.2 Å². The van der Waals surface area contributed by atoms with Crippen molar-refractivity contribution in [3.05, 3.63) is 127 Å². The van der Waals surface area contributed by atoms with Gasteiger partial charge in [0.25, 0.3) is 0 Å². The summed E-state index contributed by atoms with van der Waals surface area (Å²) in [6.07, 6.45) is 1.15. The quantitative estimate of drug-likeness (QED) is 0.0699. The first kappa shape index (κ1) is 54.7. The molecule has 4 rings (SSSR count). The summed E-state index contributed by atoms with van der Waals surface area (Å²) in [5.74, 6) is -20.6. The van der Waals surface area contributed by atoms with Crippen LogP contribution in [0.25, 0.3) is 5.32 Å². The molecular weight excluding hydrogens is 885 g/mol. The fraction of sp³-hybridized carbons (Fsp3) is 0.419. The molecule has 4 nitrogen and oxygen atoms in total. The second kappa shape index (κ2) is 20.7. The number of aromatic hydroxyl groups is 1. The molecule has 0 atom stereocenters. The van der Waals surface area contributed by atoms with Crippen molar-refractivity contribution in [2.45, 2.75) is 118 Å². The van der Waals surface area contributed by atoms with Gasteiger partial charge in [0.05, 0.1) is 0 Å². The van der Waals surface area contributed by atoms with Crippen LogP contribution in [0.3, 0.4) is 0 Å². The molecular formula is C43H49Cl2F10N2O2Ti-. The fourth-order valence-corrected chi connectivity index (χ4v) is 5.64. The SMILES string of the molecule is CC(C)(C)c1cc(C[N-]c2c(F)c(F)c(F)c(F)c2F)c(O)c(C(C)(C)C)c1.Cc1c(C=Nc2c(F)c(F)c(F)c(F)c2F)cc(C(C)(C)C)cc1C(C)(C)C.O.[Cl][Ti][Cl]. The summed E-state index contributed by atoms with van der Waals surface area (Å²) in [5, 5.41) is 14.2. The Hall–Kier alpha value is -3.30. The number of aliphatic imine (C=N–C) groups is 1. The van der Waals surface area contributed by atoms with Gasteiger partial charge >= 0.3 is 35.6 Å². The van der Waals surface area contributed by atoms with Crippen LogP contribution in [-0.4, -0.2) is 16.8 Å². The van der Waals surface area contributed by atoms with Crippen LogP contribution in [0.4, 0.5) is 55.3 Å². The minimum atomic E-state index is -2.23. The summed E-state index contributed by atoms with van der Waals surface area (Å²) in [6.45, 7) is 25.1. The molecule has 0 saturated heterocycles. The summed E-state index contributed by atoms with van der Waals surface area (Å²) in [7, 11) is 9.78. The molecule has 17 heteroatoms.